The Bertz CT molecular complexity index is 300. The zero-order valence-electron chi connectivity index (χ0n) is 9.25. The molecule has 84 valence electrons. The predicted molar refractivity (Wildman–Crippen MR) is 65.8 cm³/mol. The molecular formula is C12H17BrO2. The minimum atomic E-state index is 0.707. The second kappa shape index (κ2) is 6.85. The highest BCUT2D eigenvalue weighted by Crippen LogP contribution is 2.18. The molecule has 0 fully saturated rings. The van der Waals surface area contributed by atoms with Crippen molar-refractivity contribution in [1.82, 2.24) is 0 Å². The highest BCUT2D eigenvalue weighted by molar-refractivity contribution is 9.08. The third-order valence-electron chi connectivity index (χ3n) is 2.03. The lowest BCUT2D eigenvalue weighted by Crippen LogP contribution is -2.01. The number of hydrogen-bond acceptors (Lipinski definition) is 2. The van der Waals surface area contributed by atoms with Gasteiger partial charge in [-0.1, -0.05) is 22.0 Å². The van der Waals surface area contributed by atoms with Crippen molar-refractivity contribution in [1.29, 1.82) is 0 Å². The van der Waals surface area contributed by atoms with E-state index in [4.69, 9.17) is 9.47 Å². The smallest absolute Gasteiger partial charge is 0.119 e. The van der Waals surface area contributed by atoms with Crippen LogP contribution in [0, 0.1) is 6.92 Å². The maximum atomic E-state index is 5.63. The van der Waals surface area contributed by atoms with Gasteiger partial charge in [0.2, 0.25) is 0 Å². The van der Waals surface area contributed by atoms with E-state index in [1.54, 1.807) is 7.11 Å². The van der Waals surface area contributed by atoms with E-state index in [9.17, 15) is 0 Å². The lowest BCUT2D eigenvalue weighted by Gasteiger charge is -2.08. The third kappa shape index (κ3) is 4.67. The second-order valence-electron chi connectivity index (χ2n) is 3.48. The summed E-state index contributed by atoms with van der Waals surface area (Å²) in [5.41, 5.74) is 2.48. The Kier molecular flexibility index (Phi) is 5.73. The molecule has 0 atom stereocenters. The molecule has 0 amide bonds. The highest BCUT2D eigenvalue weighted by Gasteiger charge is 1.98. The number of hydrogen-bond donors (Lipinski definition) is 0. The molecule has 1 aromatic carbocycles. The summed E-state index contributed by atoms with van der Waals surface area (Å²) in [5, 5.41) is 0.864. The van der Waals surface area contributed by atoms with Crippen LogP contribution < -0.4 is 4.74 Å². The maximum absolute atomic E-state index is 5.63. The molecule has 0 aliphatic carbocycles. The summed E-state index contributed by atoms with van der Waals surface area (Å²) in [6.45, 7) is 3.53. The first-order valence-electron chi connectivity index (χ1n) is 5.04. The molecule has 0 radical (unpaired) electrons. The number of halogens is 1. The van der Waals surface area contributed by atoms with E-state index >= 15 is 0 Å². The monoisotopic (exact) mass is 272 g/mol. The fourth-order valence-electron chi connectivity index (χ4n) is 1.38. The number of ether oxygens (including phenoxy) is 2. The van der Waals surface area contributed by atoms with E-state index in [2.05, 4.69) is 41.1 Å². The van der Waals surface area contributed by atoms with Crippen LogP contribution in [0.5, 0.6) is 5.75 Å². The third-order valence-corrected chi connectivity index (χ3v) is 2.67. The van der Waals surface area contributed by atoms with Crippen LogP contribution in [0.3, 0.4) is 0 Å². The fourth-order valence-corrected chi connectivity index (χ4v) is 1.70. The van der Waals surface area contributed by atoms with Gasteiger partial charge in [-0.15, -0.1) is 0 Å². The van der Waals surface area contributed by atoms with Crippen molar-refractivity contribution in [3.63, 3.8) is 0 Å². The summed E-state index contributed by atoms with van der Waals surface area (Å²) in [6, 6.07) is 6.27. The molecule has 15 heavy (non-hydrogen) atoms. The van der Waals surface area contributed by atoms with Crippen molar-refractivity contribution in [3.05, 3.63) is 29.3 Å². The van der Waals surface area contributed by atoms with E-state index in [1.807, 2.05) is 0 Å². The van der Waals surface area contributed by atoms with Crippen LogP contribution in [-0.4, -0.2) is 20.3 Å². The molecule has 1 rings (SSSR count). The standard InChI is InChI=1S/C12H17BrO2/c1-10-6-11(9-13)8-12(7-10)15-5-3-4-14-2/h6-8H,3-5,9H2,1-2H3. The first-order valence-corrected chi connectivity index (χ1v) is 6.16. The average Bonchev–Trinajstić information content (AvgIpc) is 2.23. The lowest BCUT2D eigenvalue weighted by molar-refractivity contribution is 0.172. The average molecular weight is 273 g/mol. The van der Waals surface area contributed by atoms with Gasteiger partial charge in [0, 0.05) is 25.5 Å². The SMILES string of the molecule is COCCCOc1cc(C)cc(CBr)c1. The number of rotatable bonds is 6. The molecule has 3 heteroatoms. The Morgan fingerprint density at radius 3 is 2.67 bits per heavy atom. The minimum absolute atomic E-state index is 0.707. The van der Waals surface area contributed by atoms with E-state index in [0.29, 0.717) is 6.61 Å². The number of aryl methyl sites for hydroxylation is 1. The van der Waals surface area contributed by atoms with Crippen LogP contribution in [0.25, 0.3) is 0 Å². The Balaban J connectivity index is 2.49. The Morgan fingerprint density at radius 2 is 2.00 bits per heavy atom. The van der Waals surface area contributed by atoms with Crippen molar-refractivity contribution in [2.24, 2.45) is 0 Å². The Morgan fingerprint density at radius 1 is 1.20 bits per heavy atom. The highest BCUT2D eigenvalue weighted by atomic mass is 79.9. The molecule has 0 heterocycles. The Hall–Kier alpha value is -0.540. The van der Waals surface area contributed by atoms with E-state index in [0.717, 1.165) is 24.1 Å². The van der Waals surface area contributed by atoms with Gasteiger partial charge in [0.15, 0.2) is 0 Å². The van der Waals surface area contributed by atoms with Gasteiger partial charge in [0.1, 0.15) is 5.75 Å². The molecular weight excluding hydrogens is 256 g/mol. The minimum Gasteiger partial charge on any atom is -0.493 e. The van der Waals surface area contributed by atoms with Gasteiger partial charge in [0.25, 0.3) is 0 Å². The predicted octanol–water partition coefficient (Wildman–Crippen LogP) is 3.31. The van der Waals surface area contributed by atoms with E-state index < -0.39 is 0 Å². The van der Waals surface area contributed by atoms with Gasteiger partial charge >= 0.3 is 0 Å². The van der Waals surface area contributed by atoms with Gasteiger partial charge in [-0.3, -0.25) is 0 Å². The molecule has 0 saturated heterocycles. The molecule has 0 N–H and O–H groups in total. The zero-order chi connectivity index (χ0) is 11.1. The summed E-state index contributed by atoms with van der Waals surface area (Å²) in [5.74, 6) is 0.945. The molecule has 0 aromatic heterocycles. The van der Waals surface area contributed by atoms with Crippen molar-refractivity contribution in [2.75, 3.05) is 20.3 Å². The van der Waals surface area contributed by atoms with Gasteiger partial charge in [-0.05, 0) is 30.2 Å². The first kappa shape index (κ1) is 12.5. The van der Waals surface area contributed by atoms with Gasteiger partial charge < -0.3 is 9.47 Å². The van der Waals surface area contributed by atoms with Crippen molar-refractivity contribution in [2.45, 2.75) is 18.7 Å². The fraction of sp³-hybridized carbons (Fsp3) is 0.500. The van der Waals surface area contributed by atoms with Crippen LogP contribution in [-0.2, 0) is 10.1 Å². The summed E-state index contributed by atoms with van der Waals surface area (Å²) in [4.78, 5) is 0. The molecule has 0 aliphatic rings. The van der Waals surface area contributed by atoms with Crippen molar-refractivity contribution >= 4 is 15.9 Å². The Labute approximate surface area is 99.7 Å². The summed E-state index contributed by atoms with van der Waals surface area (Å²) in [7, 11) is 1.70. The zero-order valence-corrected chi connectivity index (χ0v) is 10.8. The lowest BCUT2D eigenvalue weighted by atomic mass is 10.1. The first-order chi connectivity index (χ1) is 7.26. The number of benzene rings is 1. The molecule has 0 bridgehead atoms. The van der Waals surface area contributed by atoms with E-state index in [1.165, 1.54) is 11.1 Å². The van der Waals surface area contributed by atoms with Gasteiger partial charge in [-0.25, -0.2) is 0 Å². The number of methoxy groups -OCH3 is 1. The maximum Gasteiger partial charge on any atom is 0.119 e. The quantitative estimate of drug-likeness (QED) is 0.585. The van der Waals surface area contributed by atoms with Crippen LogP contribution in [0.2, 0.25) is 0 Å². The van der Waals surface area contributed by atoms with E-state index in [-0.39, 0.29) is 0 Å². The van der Waals surface area contributed by atoms with Crippen LogP contribution >= 0.6 is 15.9 Å². The van der Waals surface area contributed by atoms with Crippen LogP contribution in [0.15, 0.2) is 18.2 Å². The molecule has 1 aromatic rings. The summed E-state index contributed by atoms with van der Waals surface area (Å²) >= 11 is 3.44. The number of alkyl halides is 1. The largest absolute Gasteiger partial charge is 0.493 e. The molecule has 0 aliphatic heterocycles. The molecule has 0 unspecified atom stereocenters. The molecule has 2 nitrogen and oxygen atoms in total. The summed E-state index contributed by atoms with van der Waals surface area (Å²) < 4.78 is 10.6. The normalized spacial score (nSPS) is 10.3. The summed E-state index contributed by atoms with van der Waals surface area (Å²) in [6.07, 6.45) is 0.925. The topological polar surface area (TPSA) is 18.5 Å². The molecule has 0 spiro atoms. The van der Waals surface area contributed by atoms with Crippen molar-refractivity contribution in [3.8, 4) is 5.75 Å². The van der Waals surface area contributed by atoms with Crippen LogP contribution in [0.4, 0.5) is 0 Å². The molecule has 0 saturated carbocycles. The van der Waals surface area contributed by atoms with Crippen molar-refractivity contribution < 1.29 is 9.47 Å². The second-order valence-corrected chi connectivity index (χ2v) is 4.04. The van der Waals surface area contributed by atoms with Crippen LogP contribution in [0.1, 0.15) is 17.5 Å². The van der Waals surface area contributed by atoms with Gasteiger partial charge in [-0.2, -0.15) is 0 Å². The van der Waals surface area contributed by atoms with Gasteiger partial charge in [0.05, 0.1) is 6.61 Å².